The van der Waals surface area contributed by atoms with Gasteiger partial charge in [-0.2, -0.15) is 0 Å². The maximum atomic E-state index is 13.0. The molecule has 1 aliphatic rings. The number of aliphatic imine (C=N–C) groups is 1. The normalized spacial score (nSPS) is 14.1. The first-order chi connectivity index (χ1) is 13.1. The fourth-order valence-corrected chi connectivity index (χ4v) is 2.82. The Morgan fingerprint density at radius 2 is 1.96 bits per heavy atom. The van der Waals surface area contributed by atoms with Crippen molar-refractivity contribution in [3.8, 4) is 11.5 Å². The zero-order chi connectivity index (χ0) is 19.2. The van der Waals surface area contributed by atoms with Crippen molar-refractivity contribution in [2.75, 3.05) is 26.9 Å². The summed E-state index contributed by atoms with van der Waals surface area (Å²) in [5.74, 6) is 1.85. The van der Waals surface area contributed by atoms with E-state index in [0.29, 0.717) is 24.6 Å². The largest absolute Gasteiger partial charge is 0.454 e. The lowest BCUT2D eigenvalue weighted by Gasteiger charge is -2.23. The smallest absolute Gasteiger partial charge is 0.231 e. The summed E-state index contributed by atoms with van der Waals surface area (Å²) in [5, 5.41) is 13.5. The minimum atomic E-state index is -0.793. The predicted octanol–water partition coefficient (Wildman–Crippen LogP) is 2.69. The van der Waals surface area contributed by atoms with E-state index in [-0.39, 0.29) is 19.2 Å². The molecule has 6 nitrogen and oxygen atoms in total. The van der Waals surface area contributed by atoms with Crippen LogP contribution in [-0.2, 0) is 6.54 Å². The van der Waals surface area contributed by atoms with Crippen LogP contribution in [-0.4, -0.2) is 42.9 Å². The highest BCUT2D eigenvalue weighted by atomic mass is 19.1. The van der Waals surface area contributed by atoms with E-state index in [2.05, 4.69) is 10.3 Å². The molecule has 1 unspecified atom stereocenters. The van der Waals surface area contributed by atoms with Gasteiger partial charge in [0, 0.05) is 20.1 Å². The zero-order valence-corrected chi connectivity index (χ0v) is 15.5. The Morgan fingerprint density at radius 3 is 2.70 bits per heavy atom. The van der Waals surface area contributed by atoms with Crippen molar-refractivity contribution >= 4 is 5.96 Å². The standard InChI is InChI=1S/C20H24FN3O3/c1-3-22-20(23-11-17(25)15-5-7-16(21)8-6-15)24(2)12-14-4-9-18-19(10-14)27-13-26-18/h4-10,17,25H,3,11-13H2,1-2H3,(H,22,23). The van der Waals surface area contributed by atoms with Crippen LogP contribution in [0, 0.1) is 5.82 Å². The number of aliphatic hydroxyl groups excluding tert-OH is 1. The fraction of sp³-hybridized carbons (Fsp3) is 0.350. The van der Waals surface area contributed by atoms with E-state index in [1.54, 1.807) is 12.1 Å². The van der Waals surface area contributed by atoms with Crippen LogP contribution in [0.1, 0.15) is 24.2 Å². The molecule has 0 fully saturated rings. The number of hydrogen-bond acceptors (Lipinski definition) is 4. The van der Waals surface area contributed by atoms with Crippen LogP contribution >= 0.6 is 0 Å². The number of ether oxygens (including phenoxy) is 2. The summed E-state index contributed by atoms with van der Waals surface area (Å²) in [7, 11) is 1.93. The molecule has 0 saturated carbocycles. The second kappa shape index (κ2) is 8.73. The molecule has 0 spiro atoms. The van der Waals surface area contributed by atoms with Crippen LogP contribution < -0.4 is 14.8 Å². The predicted molar refractivity (Wildman–Crippen MR) is 101 cm³/mol. The van der Waals surface area contributed by atoms with Crippen molar-refractivity contribution in [1.82, 2.24) is 10.2 Å². The average Bonchev–Trinajstić information content (AvgIpc) is 3.13. The number of rotatable bonds is 6. The highest BCUT2D eigenvalue weighted by Gasteiger charge is 2.15. The highest BCUT2D eigenvalue weighted by molar-refractivity contribution is 5.79. The van der Waals surface area contributed by atoms with E-state index in [9.17, 15) is 9.50 Å². The molecule has 0 radical (unpaired) electrons. The summed E-state index contributed by atoms with van der Waals surface area (Å²) in [6.45, 7) is 3.74. The topological polar surface area (TPSA) is 66.3 Å². The Labute approximate surface area is 158 Å². The van der Waals surface area contributed by atoms with E-state index in [0.717, 1.165) is 17.1 Å². The summed E-state index contributed by atoms with van der Waals surface area (Å²) in [5.41, 5.74) is 1.70. The number of guanidine groups is 1. The minimum Gasteiger partial charge on any atom is -0.454 e. The van der Waals surface area contributed by atoms with Crippen molar-refractivity contribution in [3.05, 3.63) is 59.4 Å². The second-order valence-corrected chi connectivity index (χ2v) is 6.31. The van der Waals surface area contributed by atoms with Gasteiger partial charge in [0.15, 0.2) is 17.5 Å². The summed E-state index contributed by atoms with van der Waals surface area (Å²) in [6.07, 6.45) is -0.793. The Bertz CT molecular complexity index is 796. The van der Waals surface area contributed by atoms with Gasteiger partial charge < -0.3 is 24.8 Å². The maximum absolute atomic E-state index is 13.0. The molecule has 0 bridgehead atoms. The molecule has 0 aliphatic carbocycles. The lowest BCUT2D eigenvalue weighted by atomic mass is 10.1. The Balaban J connectivity index is 1.66. The molecule has 0 amide bonds. The number of hydrogen-bond donors (Lipinski definition) is 2. The van der Waals surface area contributed by atoms with Crippen molar-refractivity contribution in [2.45, 2.75) is 19.6 Å². The van der Waals surface area contributed by atoms with Gasteiger partial charge >= 0.3 is 0 Å². The first-order valence-corrected chi connectivity index (χ1v) is 8.88. The third-order valence-electron chi connectivity index (χ3n) is 4.22. The molecule has 7 heteroatoms. The molecule has 144 valence electrons. The Hall–Kier alpha value is -2.80. The first kappa shape index (κ1) is 19.0. The van der Waals surface area contributed by atoms with Crippen LogP contribution in [0.2, 0.25) is 0 Å². The lowest BCUT2D eigenvalue weighted by molar-refractivity contribution is 0.174. The van der Waals surface area contributed by atoms with Crippen molar-refractivity contribution < 1.29 is 19.0 Å². The number of aliphatic hydroxyl groups is 1. The first-order valence-electron chi connectivity index (χ1n) is 8.88. The Kier molecular flexibility index (Phi) is 6.13. The minimum absolute atomic E-state index is 0.180. The molecule has 1 heterocycles. The third-order valence-corrected chi connectivity index (χ3v) is 4.22. The summed E-state index contributed by atoms with van der Waals surface area (Å²) in [6, 6.07) is 11.6. The van der Waals surface area contributed by atoms with Gasteiger partial charge in [0.2, 0.25) is 6.79 Å². The molecule has 0 saturated heterocycles. The van der Waals surface area contributed by atoms with Crippen molar-refractivity contribution in [1.29, 1.82) is 0 Å². The fourth-order valence-electron chi connectivity index (χ4n) is 2.82. The zero-order valence-electron chi connectivity index (χ0n) is 15.5. The molecular weight excluding hydrogens is 349 g/mol. The maximum Gasteiger partial charge on any atom is 0.231 e. The lowest BCUT2D eigenvalue weighted by Crippen LogP contribution is -2.38. The van der Waals surface area contributed by atoms with Gasteiger partial charge in [-0.3, -0.25) is 4.99 Å². The van der Waals surface area contributed by atoms with Gasteiger partial charge in [-0.15, -0.1) is 0 Å². The van der Waals surface area contributed by atoms with Gasteiger partial charge in [0.25, 0.3) is 0 Å². The monoisotopic (exact) mass is 373 g/mol. The van der Waals surface area contributed by atoms with Crippen LogP contribution in [0.5, 0.6) is 11.5 Å². The molecule has 27 heavy (non-hydrogen) atoms. The van der Waals surface area contributed by atoms with Gasteiger partial charge in [-0.1, -0.05) is 18.2 Å². The second-order valence-electron chi connectivity index (χ2n) is 6.31. The van der Waals surface area contributed by atoms with Gasteiger partial charge in [-0.05, 0) is 42.3 Å². The number of benzene rings is 2. The molecule has 3 rings (SSSR count). The third kappa shape index (κ3) is 4.89. The van der Waals surface area contributed by atoms with Crippen LogP contribution in [0.3, 0.4) is 0 Å². The summed E-state index contributed by atoms with van der Waals surface area (Å²) < 4.78 is 23.8. The van der Waals surface area contributed by atoms with Crippen molar-refractivity contribution in [2.24, 2.45) is 4.99 Å². The summed E-state index contributed by atoms with van der Waals surface area (Å²) >= 11 is 0. The molecule has 2 aromatic carbocycles. The Morgan fingerprint density at radius 1 is 1.22 bits per heavy atom. The molecule has 1 atom stereocenters. The van der Waals surface area contributed by atoms with E-state index < -0.39 is 6.10 Å². The quantitative estimate of drug-likeness (QED) is 0.602. The molecule has 0 aromatic heterocycles. The molecule has 2 N–H and O–H groups in total. The highest BCUT2D eigenvalue weighted by Crippen LogP contribution is 2.32. The summed E-state index contributed by atoms with van der Waals surface area (Å²) in [4.78, 5) is 6.48. The van der Waals surface area contributed by atoms with Gasteiger partial charge in [-0.25, -0.2) is 4.39 Å². The van der Waals surface area contributed by atoms with Crippen molar-refractivity contribution in [3.63, 3.8) is 0 Å². The average molecular weight is 373 g/mol. The number of nitrogens with zero attached hydrogens (tertiary/aromatic N) is 2. The molecular formula is C20H24FN3O3. The molecule has 2 aromatic rings. The SMILES string of the molecule is CCNC(=NCC(O)c1ccc(F)cc1)N(C)Cc1ccc2c(c1)OCO2. The van der Waals surface area contributed by atoms with E-state index in [4.69, 9.17) is 9.47 Å². The van der Waals surface area contributed by atoms with E-state index >= 15 is 0 Å². The van der Waals surface area contributed by atoms with Crippen LogP contribution in [0.25, 0.3) is 0 Å². The molecule has 1 aliphatic heterocycles. The number of nitrogens with one attached hydrogen (secondary N) is 1. The van der Waals surface area contributed by atoms with E-state index in [1.165, 1.54) is 12.1 Å². The van der Waals surface area contributed by atoms with E-state index in [1.807, 2.05) is 37.1 Å². The van der Waals surface area contributed by atoms with Gasteiger partial charge in [0.05, 0.1) is 12.6 Å². The number of fused-ring (bicyclic) bond motifs is 1. The van der Waals surface area contributed by atoms with Crippen LogP contribution in [0.15, 0.2) is 47.5 Å². The van der Waals surface area contributed by atoms with Gasteiger partial charge in [0.1, 0.15) is 5.82 Å². The number of halogens is 1. The van der Waals surface area contributed by atoms with Crippen LogP contribution in [0.4, 0.5) is 4.39 Å².